The van der Waals surface area contributed by atoms with Crippen LogP contribution in [0.3, 0.4) is 0 Å². The highest BCUT2D eigenvalue weighted by Gasteiger charge is 2.19. The molecule has 2 rings (SSSR count). The first-order valence-electron chi connectivity index (χ1n) is 6.25. The van der Waals surface area contributed by atoms with Crippen molar-refractivity contribution < 1.29 is 9.53 Å². The average Bonchev–Trinajstić information content (AvgIpc) is 2.48. The normalized spacial score (nSPS) is 13.6. The summed E-state index contributed by atoms with van der Waals surface area (Å²) in [7, 11) is 0. The number of carbonyl (C=O) groups is 1. The Morgan fingerprint density at radius 2 is 1.53 bits per heavy atom. The molecule has 0 aliphatic rings. The summed E-state index contributed by atoms with van der Waals surface area (Å²) in [5.74, 6) is -0.348. The molecule has 98 valence electrons. The van der Waals surface area contributed by atoms with Crippen LogP contribution in [-0.2, 0) is 4.74 Å². The van der Waals surface area contributed by atoms with E-state index >= 15 is 0 Å². The first-order valence-corrected chi connectivity index (χ1v) is 6.25. The molecule has 0 saturated heterocycles. The number of esters is 1. The lowest BCUT2D eigenvalue weighted by atomic mass is 10.0. The van der Waals surface area contributed by atoms with Crippen molar-refractivity contribution in [3.05, 3.63) is 71.8 Å². The molecule has 0 saturated carbocycles. The molecule has 0 aliphatic carbocycles. The van der Waals surface area contributed by atoms with E-state index in [1.165, 1.54) is 0 Å². The summed E-state index contributed by atoms with van der Waals surface area (Å²) in [6.07, 6.45) is -0.380. The summed E-state index contributed by atoms with van der Waals surface area (Å²) in [4.78, 5) is 11.9. The number of nitrogens with two attached hydrogens (primary N) is 1. The van der Waals surface area contributed by atoms with Gasteiger partial charge in [0.15, 0.2) is 0 Å². The Kier molecular flexibility index (Phi) is 4.31. The third-order valence-corrected chi connectivity index (χ3v) is 2.99. The van der Waals surface area contributed by atoms with Gasteiger partial charge in [0.2, 0.25) is 0 Å². The molecule has 3 nitrogen and oxygen atoms in total. The Balaban J connectivity index is 2.02. The molecule has 0 amide bonds. The molecule has 3 heteroatoms. The van der Waals surface area contributed by atoms with Gasteiger partial charge in [-0.2, -0.15) is 0 Å². The summed E-state index contributed by atoms with van der Waals surface area (Å²) in [5, 5.41) is 0. The van der Waals surface area contributed by atoms with Crippen LogP contribution in [0, 0.1) is 0 Å². The predicted molar refractivity (Wildman–Crippen MR) is 74.7 cm³/mol. The van der Waals surface area contributed by atoms with Crippen molar-refractivity contribution >= 4 is 5.97 Å². The van der Waals surface area contributed by atoms with E-state index in [-0.39, 0.29) is 18.1 Å². The fourth-order valence-electron chi connectivity index (χ4n) is 1.83. The lowest BCUT2D eigenvalue weighted by molar-refractivity contribution is 0.0284. The Hall–Kier alpha value is -2.13. The highest BCUT2D eigenvalue weighted by molar-refractivity contribution is 5.89. The Morgan fingerprint density at radius 1 is 1.00 bits per heavy atom. The zero-order valence-electron chi connectivity index (χ0n) is 10.8. The molecule has 2 unspecified atom stereocenters. The van der Waals surface area contributed by atoms with E-state index in [1.54, 1.807) is 31.2 Å². The van der Waals surface area contributed by atoms with Crippen molar-refractivity contribution in [2.24, 2.45) is 5.73 Å². The first-order chi connectivity index (χ1) is 9.18. The van der Waals surface area contributed by atoms with Gasteiger partial charge in [-0.15, -0.1) is 0 Å². The fourth-order valence-corrected chi connectivity index (χ4v) is 1.83. The molecule has 0 aliphatic heterocycles. The van der Waals surface area contributed by atoms with Crippen LogP contribution >= 0.6 is 0 Å². The highest BCUT2D eigenvalue weighted by Crippen LogP contribution is 2.17. The highest BCUT2D eigenvalue weighted by atomic mass is 16.5. The minimum absolute atomic E-state index is 0.325. The smallest absolute Gasteiger partial charge is 0.338 e. The maximum Gasteiger partial charge on any atom is 0.338 e. The van der Waals surface area contributed by atoms with E-state index < -0.39 is 0 Å². The molecule has 0 aromatic heterocycles. The SMILES string of the molecule is CC(OC(=O)c1ccccc1)C(N)c1ccccc1. The van der Waals surface area contributed by atoms with Gasteiger partial charge >= 0.3 is 5.97 Å². The van der Waals surface area contributed by atoms with Gasteiger partial charge in [-0.05, 0) is 24.6 Å². The van der Waals surface area contributed by atoms with Crippen molar-refractivity contribution in [1.29, 1.82) is 0 Å². The van der Waals surface area contributed by atoms with E-state index in [9.17, 15) is 4.79 Å². The fraction of sp³-hybridized carbons (Fsp3) is 0.188. The van der Waals surface area contributed by atoms with Gasteiger partial charge in [-0.1, -0.05) is 48.5 Å². The zero-order chi connectivity index (χ0) is 13.7. The molecule has 0 heterocycles. The summed E-state index contributed by atoms with van der Waals surface area (Å²) >= 11 is 0. The van der Waals surface area contributed by atoms with Gasteiger partial charge in [0.1, 0.15) is 6.10 Å². The topological polar surface area (TPSA) is 52.3 Å². The van der Waals surface area contributed by atoms with E-state index in [4.69, 9.17) is 10.5 Å². The van der Waals surface area contributed by atoms with Crippen LogP contribution in [0.4, 0.5) is 0 Å². The largest absolute Gasteiger partial charge is 0.457 e. The van der Waals surface area contributed by atoms with Crippen molar-refractivity contribution in [3.8, 4) is 0 Å². The van der Waals surface area contributed by atoms with Crippen LogP contribution in [0.25, 0.3) is 0 Å². The van der Waals surface area contributed by atoms with E-state index in [0.29, 0.717) is 5.56 Å². The summed E-state index contributed by atoms with van der Waals surface area (Å²) in [5.41, 5.74) is 7.58. The number of ether oxygens (including phenoxy) is 1. The minimum Gasteiger partial charge on any atom is -0.457 e. The summed E-state index contributed by atoms with van der Waals surface area (Å²) < 4.78 is 5.39. The van der Waals surface area contributed by atoms with Gasteiger partial charge < -0.3 is 10.5 Å². The number of hydrogen-bond acceptors (Lipinski definition) is 3. The summed E-state index contributed by atoms with van der Waals surface area (Å²) in [6.45, 7) is 1.80. The molecule has 0 fully saturated rings. The predicted octanol–water partition coefficient (Wildman–Crippen LogP) is 2.93. The van der Waals surface area contributed by atoms with Gasteiger partial charge in [-0.3, -0.25) is 0 Å². The van der Waals surface area contributed by atoms with Crippen molar-refractivity contribution in [2.45, 2.75) is 19.1 Å². The van der Waals surface area contributed by atoms with Gasteiger partial charge in [0, 0.05) is 0 Å². The van der Waals surface area contributed by atoms with Crippen LogP contribution < -0.4 is 5.73 Å². The van der Waals surface area contributed by atoms with Gasteiger partial charge in [-0.25, -0.2) is 4.79 Å². The molecule has 19 heavy (non-hydrogen) atoms. The lowest BCUT2D eigenvalue weighted by Gasteiger charge is -2.20. The Labute approximate surface area is 113 Å². The Bertz CT molecular complexity index is 525. The van der Waals surface area contributed by atoms with Crippen LogP contribution in [0.15, 0.2) is 60.7 Å². The maximum atomic E-state index is 11.9. The second kappa shape index (κ2) is 6.16. The molecule has 2 N–H and O–H groups in total. The molecule has 0 spiro atoms. The molecule has 2 atom stereocenters. The molecular weight excluding hydrogens is 238 g/mol. The second-order valence-electron chi connectivity index (χ2n) is 4.41. The number of benzene rings is 2. The molecule has 2 aromatic carbocycles. The quantitative estimate of drug-likeness (QED) is 0.855. The van der Waals surface area contributed by atoms with Crippen molar-refractivity contribution in [3.63, 3.8) is 0 Å². The van der Waals surface area contributed by atoms with Gasteiger partial charge in [0.05, 0.1) is 11.6 Å². The summed E-state index contributed by atoms with van der Waals surface area (Å²) in [6, 6.07) is 18.2. The number of carbonyl (C=O) groups excluding carboxylic acids is 1. The minimum atomic E-state index is -0.380. The number of rotatable bonds is 4. The third-order valence-electron chi connectivity index (χ3n) is 2.99. The van der Waals surface area contributed by atoms with Crippen LogP contribution in [0.1, 0.15) is 28.9 Å². The molecule has 0 radical (unpaired) electrons. The first kappa shape index (κ1) is 13.3. The van der Waals surface area contributed by atoms with E-state index in [1.807, 2.05) is 36.4 Å². The zero-order valence-corrected chi connectivity index (χ0v) is 10.8. The van der Waals surface area contributed by atoms with Gasteiger partial charge in [0.25, 0.3) is 0 Å². The Morgan fingerprint density at radius 3 is 2.11 bits per heavy atom. The maximum absolute atomic E-state index is 11.9. The molecular formula is C16H17NO2. The lowest BCUT2D eigenvalue weighted by Crippen LogP contribution is -2.28. The van der Waals surface area contributed by atoms with Crippen molar-refractivity contribution in [2.75, 3.05) is 0 Å². The monoisotopic (exact) mass is 255 g/mol. The van der Waals surface area contributed by atoms with E-state index in [0.717, 1.165) is 5.56 Å². The standard InChI is InChI=1S/C16H17NO2/c1-12(15(17)13-8-4-2-5-9-13)19-16(18)14-10-6-3-7-11-14/h2-12,15H,17H2,1H3. The van der Waals surface area contributed by atoms with E-state index in [2.05, 4.69) is 0 Å². The second-order valence-corrected chi connectivity index (χ2v) is 4.41. The van der Waals surface area contributed by atoms with Crippen LogP contribution in [0.5, 0.6) is 0 Å². The van der Waals surface area contributed by atoms with Crippen LogP contribution in [0.2, 0.25) is 0 Å². The average molecular weight is 255 g/mol. The number of hydrogen-bond donors (Lipinski definition) is 1. The van der Waals surface area contributed by atoms with Crippen LogP contribution in [-0.4, -0.2) is 12.1 Å². The molecule has 0 bridgehead atoms. The third kappa shape index (κ3) is 3.42. The van der Waals surface area contributed by atoms with Crippen molar-refractivity contribution in [1.82, 2.24) is 0 Å². The molecule has 2 aromatic rings.